The molecule has 1 aliphatic rings. The Morgan fingerprint density at radius 1 is 1.36 bits per heavy atom. The molecule has 0 aromatic carbocycles. The zero-order chi connectivity index (χ0) is 21.1. The van der Waals surface area contributed by atoms with Crippen LogP contribution in [0, 0.1) is 5.41 Å². The topological polar surface area (TPSA) is 77.2 Å². The zero-order valence-electron chi connectivity index (χ0n) is 18.2. The van der Waals surface area contributed by atoms with Gasteiger partial charge >= 0.3 is 0 Å². The molecule has 28 heavy (non-hydrogen) atoms. The van der Waals surface area contributed by atoms with E-state index in [9.17, 15) is 0 Å². The SMILES string of the molecule is C=CCCNCC(CC)N/C(C)=C(\C)C(=N)C1=CN(/C=C(\C)CN)C(=C)CC1. The number of hydrogen-bond donors (Lipinski definition) is 4. The van der Waals surface area contributed by atoms with Gasteiger partial charge in [0, 0.05) is 42.9 Å². The smallest absolute Gasteiger partial charge is 0.0632 e. The first-order valence-electron chi connectivity index (χ1n) is 10.2. The summed E-state index contributed by atoms with van der Waals surface area (Å²) in [6.45, 7) is 18.5. The fourth-order valence-electron chi connectivity index (χ4n) is 2.96. The van der Waals surface area contributed by atoms with Gasteiger partial charge in [-0.2, -0.15) is 0 Å². The summed E-state index contributed by atoms with van der Waals surface area (Å²) in [6.07, 6.45) is 9.67. The Morgan fingerprint density at radius 2 is 2.07 bits per heavy atom. The normalized spacial score (nSPS) is 17.0. The van der Waals surface area contributed by atoms with Crippen LogP contribution in [-0.4, -0.2) is 36.3 Å². The maximum absolute atomic E-state index is 8.70. The molecule has 0 aliphatic carbocycles. The third-order valence-corrected chi connectivity index (χ3v) is 5.11. The average molecular weight is 386 g/mol. The fourth-order valence-corrected chi connectivity index (χ4v) is 2.96. The molecule has 1 unspecified atom stereocenters. The number of nitrogens with two attached hydrogens (primary N) is 1. The van der Waals surface area contributed by atoms with Crippen LogP contribution in [0.15, 0.2) is 59.7 Å². The number of nitrogens with one attached hydrogen (secondary N) is 3. The van der Waals surface area contributed by atoms with Crippen molar-refractivity contribution in [2.24, 2.45) is 5.73 Å². The molecule has 0 radical (unpaired) electrons. The van der Waals surface area contributed by atoms with Gasteiger partial charge in [-0.15, -0.1) is 6.58 Å². The van der Waals surface area contributed by atoms with Gasteiger partial charge in [-0.3, -0.25) is 0 Å². The summed E-state index contributed by atoms with van der Waals surface area (Å²) >= 11 is 0. The number of allylic oxidation sites excluding steroid dienone is 4. The van der Waals surface area contributed by atoms with Gasteiger partial charge in [0.15, 0.2) is 0 Å². The highest BCUT2D eigenvalue weighted by Gasteiger charge is 2.18. The van der Waals surface area contributed by atoms with E-state index in [1.807, 2.05) is 37.2 Å². The lowest BCUT2D eigenvalue weighted by Crippen LogP contribution is -2.38. The molecular formula is C23H39N5. The predicted octanol–water partition coefficient (Wildman–Crippen LogP) is 4.19. The lowest BCUT2D eigenvalue weighted by Gasteiger charge is -2.28. The summed E-state index contributed by atoms with van der Waals surface area (Å²) in [6, 6.07) is 0.347. The number of hydrogen-bond acceptors (Lipinski definition) is 5. The molecule has 5 N–H and O–H groups in total. The summed E-state index contributed by atoms with van der Waals surface area (Å²) in [4.78, 5) is 2.02. The molecule has 0 aromatic heterocycles. The van der Waals surface area contributed by atoms with E-state index >= 15 is 0 Å². The quantitative estimate of drug-likeness (QED) is 0.231. The Labute approximate surface area is 171 Å². The van der Waals surface area contributed by atoms with E-state index in [0.717, 1.165) is 66.9 Å². The lowest BCUT2D eigenvalue weighted by atomic mass is 9.95. The van der Waals surface area contributed by atoms with Gasteiger partial charge < -0.3 is 26.7 Å². The van der Waals surface area contributed by atoms with E-state index in [-0.39, 0.29) is 0 Å². The molecule has 0 amide bonds. The van der Waals surface area contributed by atoms with Crippen LogP contribution < -0.4 is 16.4 Å². The van der Waals surface area contributed by atoms with Crippen LogP contribution >= 0.6 is 0 Å². The minimum Gasteiger partial charge on any atom is -0.384 e. The highest BCUT2D eigenvalue weighted by molar-refractivity contribution is 6.10. The van der Waals surface area contributed by atoms with Crippen LogP contribution in [0.25, 0.3) is 0 Å². The van der Waals surface area contributed by atoms with Crippen molar-refractivity contribution in [1.82, 2.24) is 15.5 Å². The molecule has 1 rings (SSSR count). The second kappa shape index (κ2) is 12.4. The molecule has 5 nitrogen and oxygen atoms in total. The Hall–Kier alpha value is -2.11. The van der Waals surface area contributed by atoms with Gasteiger partial charge in [0.1, 0.15) is 0 Å². The standard InChI is InChI=1S/C23H39N5/c1-7-9-12-26-14-22(8-2)27-20(6)19(5)23(25)21-11-10-18(4)28(16-21)15-17(3)13-24/h7,15-16,22,25-27H,1,4,8-14,24H2,2-3,5-6H3/b17-15+,20-19+,25-23?. The maximum Gasteiger partial charge on any atom is 0.0632 e. The van der Waals surface area contributed by atoms with E-state index in [2.05, 4.69) is 37.6 Å². The molecule has 0 fully saturated rings. The highest BCUT2D eigenvalue weighted by atomic mass is 15.1. The molecule has 156 valence electrons. The van der Waals surface area contributed by atoms with Crippen molar-refractivity contribution in [3.05, 3.63) is 59.7 Å². The fraction of sp³-hybridized carbons (Fsp3) is 0.522. The summed E-state index contributed by atoms with van der Waals surface area (Å²) in [5, 5.41) is 15.7. The monoisotopic (exact) mass is 385 g/mol. The molecule has 0 saturated heterocycles. The summed E-state index contributed by atoms with van der Waals surface area (Å²) < 4.78 is 0. The van der Waals surface area contributed by atoms with Gasteiger partial charge in [-0.05, 0) is 69.7 Å². The third kappa shape index (κ3) is 7.49. The van der Waals surface area contributed by atoms with Crippen molar-refractivity contribution in [3.8, 4) is 0 Å². The van der Waals surface area contributed by atoms with E-state index in [1.165, 1.54) is 0 Å². The van der Waals surface area contributed by atoms with Crippen molar-refractivity contribution < 1.29 is 0 Å². The second-order valence-corrected chi connectivity index (χ2v) is 7.46. The minimum absolute atomic E-state index is 0.347. The van der Waals surface area contributed by atoms with Gasteiger partial charge in [-0.1, -0.05) is 19.6 Å². The van der Waals surface area contributed by atoms with Crippen molar-refractivity contribution in [3.63, 3.8) is 0 Å². The van der Waals surface area contributed by atoms with Crippen molar-refractivity contribution in [1.29, 1.82) is 5.41 Å². The first kappa shape index (κ1) is 23.9. The Bertz CT molecular complexity index is 654. The van der Waals surface area contributed by atoms with Gasteiger partial charge in [0.05, 0.1) is 5.71 Å². The molecule has 0 spiro atoms. The van der Waals surface area contributed by atoms with E-state index < -0.39 is 0 Å². The van der Waals surface area contributed by atoms with Crippen LogP contribution in [-0.2, 0) is 0 Å². The van der Waals surface area contributed by atoms with E-state index in [1.54, 1.807) is 0 Å². The third-order valence-electron chi connectivity index (χ3n) is 5.11. The van der Waals surface area contributed by atoms with Gasteiger partial charge in [0.25, 0.3) is 0 Å². The molecular weight excluding hydrogens is 346 g/mol. The van der Waals surface area contributed by atoms with Crippen molar-refractivity contribution in [2.75, 3.05) is 19.6 Å². The van der Waals surface area contributed by atoms with Crippen LogP contribution in [0.1, 0.15) is 53.4 Å². The van der Waals surface area contributed by atoms with Gasteiger partial charge in [0.2, 0.25) is 0 Å². The van der Waals surface area contributed by atoms with Crippen molar-refractivity contribution >= 4 is 5.71 Å². The van der Waals surface area contributed by atoms with Crippen LogP contribution in [0.5, 0.6) is 0 Å². The van der Waals surface area contributed by atoms with Crippen LogP contribution in [0.4, 0.5) is 0 Å². The minimum atomic E-state index is 0.347. The molecule has 0 aromatic rings. The second-order valence-electron chi connectivity index (χ2n) is 7.46. The first-order valence-corrected chi connectivity index (χ1v) is 10.2. The molecule has 0 saturated carbocycles. The predicted molar refractivity (Wildman–Crippen MR) is 122 cm³/mol. The zero-order valence-corrected chi connectivity index (χ0v) is 18.2. The summed E-state index contributed by atoms with van der Waals surface area (Å²) in [7, 11) is 0. The molecule has 1 atom stereocenters. The summed E-state index contributed by atoms with van der Waals surface area (Å²) in [5.41, 5.74) is 11.5. The van der Waals surface area contributed by atoms with Crippen LogP contribution in [0.2, 0.25) is 0 Å². The first-order chi connectivity index (χ1) is 13.3. The molecule has 1 heterocycles. The number of rotatable bonds is 12. The Balaban J connectivity index is 2.85. The maximum atomic E-state index is 8.70. The molecule has 1 aliphatic heterocycles. The molecule has 5 heteroatoms. The van der Waals surface area contributed by atoms with Gasteiger partial charge in [-0.25, -0.2) is 0 Å². The number of nitrogens with zero attached hydrogens (tertiary/aromatic N) is 1. The van der Waals surface area contributed by atoms with Crippen molar-refractivity contribution in [2.45, 2.75) is 59.4 Å². The molecule has 0 bridgehead atoms. The average Bonchev–Trinajstić information content (AvgIpc) is 2.70. The van der Waals surface area contributed by atoms with E-state index in [0.29, 0.717) is 18.3 Å². The Kier molecular flexibility index (Phi) is 10.6. The highest BCUT2D eigenvalue weighted by Crippen LogP contribution is 2.26. The van der Waals surface area contributed by atoms with E-state index in [4.69, 9.17) is 11.1 Å². The Morgan fingerprint density at radius 3 is 2.68 bits per heavy atom. The summed E-state index contributed by atoms with van der Waals surface area (Å²) in [5.74, 6) is 0. The largest absolute Gasteiger partial charge is 0.384 e. The van der Waals surface area contributed by atoms with Crippen LogP contribution in [0.3, 0.4) is 0 Å². The lowest BCUT2D eigenvalue weighted by molar-refractivity contribution is 0.500.